The van der Waals surface area contributed by atoms with Gasteiger partial charge in [0.25, 0.3) is 5.91 Å². The highest BCUT2D eigenvalue weighted by Crippen LogP contribution is 2.30. The molecule has 1 aromatic carbocycles. The van der Waals surface area contributed by atoms with Gasteiger partial charge in [-0.25, -0.2) is 9.37 Å². The maximum atomic E-state index is 14.4. The van der Waals surface area contributed by atoms with E-state index in [0.29, 0.717) is 29.0 Å². The number of amides is 1. The molecule has 0 unspecified atom stereocenters. The van der Waals surface area contributed by atoms with E-state index in [1.54, 1.807) is 34.5 Å². The third kappa shape index (κ3) is 3.67. The molecule has 1 aliphatic heterocycles. The van der Waals surface area contributed by atoms with Crippen LogP contribution in [0.1, 0.15) is 16.1 Å². The Morgan fingerprint density at radius 1 is 1.25 bits per heavy atom. The lowest BCUT2D eigenvalue weighted by molar-refractivity contribution is 0.102. The van der Waals surface area contributed by atoms with Crippen molar-refractivity contribution < 1.29 is 14.3 Å². The Kier molecular flexibility index (Phi) is 5.24. The van der Waals surface area contributed by atoms with E-state index in [2.05, 4.69) is 25.6 Å². The second-order valence-corrected chi connectivity index (χ2v) is 7.89. The number of benzene rings is 1. The molecule has 0 radical (unpaired) electrons. The van der Waals surface area contributed by atoms with E-state index in [-0.39, 0.29) is 18.2 Å². The van der Waals surface area contributed by atoms with Crippen molar-refractivity contribution in [3.8, 4) is 0 Å². The summed E-state index contributed by atoms with van der Waals surface area (Å²) in [6, 6.07) is 4.94. The smallest absolute Gasteiger partial charge is 0.257 e. The SMILES string of the molecule is Cc1cn2cc(NC(=O)c3ccc(N4CCNCC4)c4cn(CCO)nc34)cc(F)c2n1. The number of pyridine rings is 1. The molecule has 1 fully saturated rings. The van der Waals surface area contributed by atoms with Gasteiger partial charge in [-0.2, -0.15) is 5.10 Å². The Morgan fingerprint density at radius 2 is 2.06 bits per heavy atom. The normalized spacial score (nSPS) is 14.4. The molecule has 0 bridgehead atoms. The quantitative estimate of drug-likeness (QED) is 0.440. The van der Waals surface area contributed by atoms with Crippen LogP contribution in [0, 0.1) is 12.7 Å². The van der Waals surface area contributed by atoms with Gasteiger partial charge >= 0.3 is 0 Å². The molecule has 0 aliphatic carbocycles. The van der Waals surface area contributed by atoms with Crippen molar-refractivity contribution in [1.82, 2.24) is 24.5 Å². The third-order valence-corrected chi connectivity index (χ3v) is 5.62. The lowest BCUT2D eigenvalue weighted by atomic mass is 10.1. The minimum atomic E-state index is -0.512. The molecule has 0 saturated carbocycles. The van der Waals surface area contributed by atoms with Crippen LogP contribution in [0.2, 0.25) is 0 Å². The largest absolute Gasteiger partial charge is 0.394 e. The van der Waals surface area contributed by atoms with Gasteiger partial charge < -0.3 is 25.0 Å². The van der Waals surface area contributed by atoms with Gasteiger partial charge in [0.2, 0.25) is 0 Å². The molecule has 9 nitrogen and oxygen atoms in total. The number of imidazole rings is 1. The van der Waals surface area contributed by atoms with Crippen LogP contribution in [0.3, 0.4) is 0 Å². The molecule has 1 amide bonds. The summed E-state index contributed by atoms with van der Waals surface area (Å²) < 4.78 is 17.6. The molecule has 5 rings (SSSR count). The van der Waals surface area contributed by atoms with Crippen LogP contribution in [-0.4, -0.2) is 63.0 Å². The second-order valence-electron chi connectivity index (χ2n) is 7.89. The summed E-state index contributed by atoms with van der Waals surface area (Å²) in [5.41, 5.74) is 3.16. The predicted octanol–water partition coefficient (Wildman–Crippen LogP) is 1.79. The molecule has 0 spiro atoms. The number of hydrogen-bond acceptors (Lipinski definition) is 6. The van der Waals surface area contributed by atoms with Crippen LogP contribution in [-0.2, 0) is 6.54 Å². The number of aromatic nitrogens is 4. The van der Waals surface area contributed by atoms with Gasteiger partial charge in [-0.3, -0.25) is 9.48 Å². The number of aryl methyl sites for hydroxylation is 1. The van der Waals surface area contributed by atoms with Crippen molar-refractivity contribution in [3.63, 3.8) is 0 Å². The summed E-state index contributed by atoms with van der Waals surface area (Å²) in [6.45, 7) is 5.54. The fourth-order valence-corrected chi connectivity index (χ4v) is 4.17. The number of nitrogens with one attached hydrogen (secondary N) is 2. The molecule has 10 heteroatoms. The topological polar surface area (TPSA) is 99.7 Å². The lowest BCUT2D eigenvalue weighted by Gasteiger charge is -2.30. The molecule has 3 N–H and O–H groups in total. The summed E-state index contributed by atoms with van der Waals surface area (Å²) in [6.07, 6.45) is 5.19. The number of halogens is 1. The van der Waals surface area contributed by atoms with Gasteiger partial charge in [-0.05, 0) is 19.1 Å². The van der Waals surface area contributed by atoms with E-state index in [1.165, 1.54) is 6.07 Å². The van der Waals surface area contributed by atoms with Gasteiger partial charge in [0.15, 0.2) is 11.5 Å². The van der Waals surface area contributed by atoms with Crippen LogP contribution >= 0.6 is 0 Å². The van der Waals surface area contributed by atoms with Crippen molar-refractivity contribution in [3.05, 3.63) is 53.9 Å². The number of piperazine rings is 1. The summed E-state index contributed by atoms with van der Waals surface area (Å²) in [4.78, 5) is 19.6. The number of aliphatic hydroxyl groups is 1. The van der Waals surface area contributed by atoms with Crippen LogP contribution in [0.25, 0.3) is 16.6 Å². The van der Waals surface area contributed by atoms with Crippen molar-refractivity contribution >= 4 is 33.8 Å². The van der Waals surface area contributed by atoms with Gasteiger partial charge in [-0.1, -0.05) is 0 Å². The number of rotatable bonds is 5. The van der Waals surface area contributed by atoms with Gasteiger partial charge in [0.05, 0.1) is 30.1 Å². The van der Waals surface area contributed by atoms with Crippen molar-refractivity contribution in [2.24, 2.45) is 0 Å². The van der Waals surface area contributed by atoms with Gasteiger partial charge in [0, 0.05) is 61.9 Å². The van der Waals surface area contributed by atoms with E-state index >= 15 is 0 Å². The molecule has 4 heterocycles. The highest BCUT2D eigenvalue weighted by atomic mass is 19.1. The minimum absolute atomic E-state index is 0.0535. The monoisotopic (exact) mass is 437 g/mol. The Balaban J connectivity index is 1.52. The zero-order valence-electron chi connectivity index (χ0n) is 17.7. The van der Waals surface area contributed by atoms with Crippen LogP contribution < -0.4 is 15.5 Å². The van der Waals surface area contributed by atoms with Crippen molar-refractivity contribution in [1.29, 1.82) is 0 Å². The molecule has 0 atom stereocenters. The van der Waals surface area contributed by atoms with Gasteiger partial charge in [0.1, 0.15) is 5.52 Å². The number of nitrogens with zero attached hydrogens (tertiary/aromatic N) is 5. The number of anilines is 2. The van der Waals surface area contributed by atoms with E-state index in [9.17, 15) is 14.3 Å². The first-order valence-electron chi connectivity index (χ1n) is 10.6. The third-order valence-electron chi connectivity index (χ3n) is 5.62. The molecule has 32 heavy (non-hydrogen) atoms. The Morgan fingerprint density at radius 3 is 2.84 bits per heavy atom. The number of hydrogen-bond donors (Lipinski definition) is 3. The zero-order valence-corrected chi connectivity index (χ0v) is 17.7. The fourth-order valence-electron chi connectivity index (χ4n) is 4.17. The lowest BCUT2D eigenvalue weighted by Crippen LogP contribution is -2.43. The van der Waals surface area contributed by atoms with Crippen LogP contribution in [0.15, 0.2) is 36.8 Å². The Labute approximate surface area is 183 Å². The standard InChI is InChI=1S/C22H24FN7O2/c1-14-11-29-12-15(10-18(23)21(29)25-14)26-22(32)16-2-3-19(28-6-4-24-5-7-28)17-13-30(8-9-31)27-20(16)17/h2-3,10-13,24,31H,4-9H2,1H3,(H,26,32). The number of aliphatic hydroxyl groups excluding tert-OH is 1. The summed E-state index contributed by atoms with van der Waals surface area (Å²) in [7, 11) is 0. The molecule has 166 valence electrons. The summed E-state index contributed by atoms with van der Waals surface area (Å²) in [5, 5.41) is 20.9. The van der Waals surface area contributed by atoms with Crippen molar-refractivity contribution in [2.45, 2.75) is 13.5 Å². The van der Waals surface area contributed by atoms with Crippen molar-refractivity contribution in [2.75, 3.05) is 43.0 Å². The molecule has 3 aromatic heterocycles. The minimum Gasteiger partial charge on any atom is -0.394 e. The molecule has 1 saturated heterocycles. The average molecular weight is 437 g/mol. The molecular weight excluding hydrogens is 413 g/mol. The zero-order chi connectivity index (χ0) is 22.2. The Hall–Kier alpha value is -3.50. The molecule has 4 aromatic rings. The maximum absolute atomic E-state index is 14.4. The Bertz CT molecular complexity index is 1310. The van der Waals surface area contributed by atoms with E-state index < -0.39 is 5.82 Å². The van der Waals surface area contributed by atoms with E-state index in [0.717, 1.165) is 37.3 Å². The fraction of sp³-hybridized carbons (Fsp3) is 0.318. The molecule has 1 aliphatic rings. The summed E-state index contributed by atoms with van der Waals surface area (Å²) >= 11 is 0. The highest BCUT2D eigenvalue weighted by Gasteiger charge is 2.21. The van der Waals surface area contributed by atoms with Crippen LogP contribution in [0.4, 0.5) is 15.8 Å². The maximum Gasteiger partial charge on any atom is 0.257 e. The second kappa shape index (κ2) is 8.21. The van der Waals surface area contributed by atoms with E-state index in [1.807, 2.05) is 12.3 Å². The van der Waals surface area contributed by atoms with E-state index in [4.69, 9.17) is 0 Å². The first-order valence-corrected chi connectivity index (χ1v) is 10.6. The first-order chi connectivity index (χ1) is 15.5. The van der Waals surface area contributed by atoms with Gasteiger partial charge in [-0.15, -0.1) is 0 Å². The van der Waals surface area contributed by atoms with Crippen LogP contribution in [0.5, 0.6) is 0 Å². The molecular formula is C22H24FN7O2. The number of carbonyl (C=O) groups excluding carboxylic acids is 1. The number of carbonyl (C=O) groups is 1. The first kappa shape index (κ1) is 20.4. The number of fused-ring (bicyclic) bond motifs is 2. The average Bonchev–Trinajstić information content (AvgIpc) is 3.37. The summed E-state index contributed by atoms with van der Waals surface area (Å²) in [5.74, 6) is -0.894. The highest BCUT2D eigenvalue weighted by molar-refractivity contribution is 6.13. The predicted molar refractivity (Wildman–Crippen MR) is 120 cm³/mol.